The van der Waals surface area contributed by atoms with E-state index in [4.69, 9.17) is 11.6 Å². The molecule has 0 aliphatic carbocycles. The van der Waals surface area contributed by atoms with Crippen LogP contribution in [0.4, 0.5) is 0 Å². The van der Waals surface area contributed by atoms with E-state index in [9.17, 15) is 4.79 Å². The van der Waals surface area contributed by atoms with Crippen LogP contribution >= 0.6 is 23.4 Å². The first-order valence-electron chi connectivity index (χ1n) is 8.34. The second-order valence-electron chi connectivity index (χ2n) is 7.11. The Morgan fingerprint density at radius 1 is 0.962 bits per heavy atom. The van der Waals surface area contributed by atoms with Gasteiger partial charge in [-0.2, -0.15) is 0 Å². The summed E-state index contributed by atoms with van der Waals surface area (Å²) in [5, 5.41) is 9.61. The average molecular weight is 385 g/mol. The maximum absolute atomic E-state index is 12.2. The van der Waals surface area contributed by atoms with E-state index in [0.717, 1.165) is 15.8 Å². The molecule has 1 aromatic heterocycles. The summed E-state index contributed by atoms with van der Waals surface area (Å²) in [5.41, 5.74) is 2.24. The van der Waals surface area contributed by atoms with Gasteiger partial charge < -0.3 is 0 Å². The Balaban J connectivity index is 1.94. The van der Waals surface area contributed by atoms with Crippen LogP contribution in [0.25, 0.3) is 11.5 Å². The van der Waals surface area contributed by atoms with Gasteiger partial charge in [0.05, 0.1) is 10.6 Å². The van der Waals surface area contributed by atoms with Crippen LogP contribution in [0.5, 0.6) is 0 Å². The number of rotatable bonds is 3. The monoisotopic (exact) mass is 384 g/mol. The number of hydrogen-bond acceptors (Lipinski definition) is 2. The summed E-state index contributed by atoms with van der Waals surface area (Å²) in [4.78, 5) is 13.2. The molecular formula is C21H21ClN2OS. The van der Waals surface area contributed by atoms with Gasteiger partial charge in [0.25, 0.3) is 5.56 Å². The smallest absolute Gasteiger partial charge is 0.271 e. The molecule has 26 heavy (non-hydrogen) atoms. The third-order valence-corrected chi connectivity index (χ3v) is 5.21. The maximum Gasteiger partial charge on any atom is 0.271 e. The Morgan fingerprint density at radius 3 is 2.23 bits per heavy atom. The minimum atomic E-state index is -0.132. The largest absolute Gasteiger partial charge is 0.297 e. The van der Waals surface area contributed by atoms with Gasteiger partial charge in [0.15, 0.2) is 0 Å². The highest BCUT2D eigenvalue weighted by Gasteiger charge is 2.12. The topological polar surface area (TPSA) is 48.6 Å². The fourth-order valence-corrected chi connectivity index (χ4v) is 3.36. The van der Waals surface area contributed by atoms with Gasteiger partial charge in [-0.15, -0.1) is 0 Å². The van der Waals surface area contributed by atoms with Gasteiger partial charge in [-0.05, 0) is 46.9 Å². The summed E-state index contributed by atoms with van der Waals surface area (Å²) in [6.45, 7) is 6.55. The minimum absolute atomic E-state index is 0.109. The Kier molecular flexibility index (Phi) is 5.44. The van der Waals surface area contributed by atoms with Gasteiger partial charge in [-0.25, -0.2) is 0 Å². The van der Waals surface area contributed by atoms with Crippen molar-refractivity contribution in [3.8, 4) is 0 Å². The van der Waals surface area contributed by atoms with Crippen molar-refractivity contribution >= 4 is 34.8 Å². The Labute approximate surface area is 161 Å². The fourth-order valence-electron chi connectivity index (χ4n) is 2.50. The minimum Gasteiger partial charge on any atom is -0.297 e. The molecule has 2 aromatic carbocycles. The summed E-state index contributed by atoms with van der Waals surface area (Å²) >= 11 is 7.44. The van der Waals surface area contributed by atoms with Crippen molar-refractivity contribution in [3.63, 3.8) is 0 Å². The van der Waals surface area contributed by atoms with Crippen molar-refractivity contribution in [3.05, 3.63) is 85.6 Å². The number of halogens is 1. The second kappa shape index (κ2) is 7.60. The molecule has 0 unspecified atom stereocenters. The summed E-state index contributed by atoms with van der Waals surface area (Å²) in [7, 11) is 0. The van der Waals surface area contributed by atoms with Crippen molar-refractivity contribution in [2.75, 3.05) is 0 Å². The van der Waals surface area contributed by atoms with Crippen LogP contribution in [0.15, 0.2) is 58.2 Å². The molecule has 3 rings (SSSR count). The highest BCUT2D eigenvalue weighted by atomic mass is 35.5. The molecule has 1 heterocycles. The van der Waals surface area contributed by atoms with Crippen LogP contribution in [-0.2, 0) is 5.41 Å². The Hall–Kier alpha value is -2.17. The average Bonchev–Trinajstić information content (AvgIpc) is 2.94. The zero-order chi connectivity index (χ0) is 18.7. The lowest BCUT2D eigenvalue weighted by molar-refractivity contribution is 0.590. The SMILES string of the molecule is CC(C)(C)c1ccc(/C=c2/c(=O)[nH][nH]/c2=C\Sc2ccc(Cl)cc2)cc1. The fraction of sp³-hybridized carbons (Fsp3) is 0.190. The predicted octanol–water partition coefficient (Wildman–Crippen LogP) is 4.01. The third kappa shape index (κ3) is 4.51. The van der Waals surface area contributed by atoms with E-state index in [2.05, 4.69) is 43.1 Å². The molecule has 3 nitrogen and oxygen atoms in total. The zero-order valence-corrected chi connectivity index (χ0v) is 16.5. The van der Waals surface area contributed by atoms with Gasteiger partial charge >= 0.3 is 0 Å². The van der Waals surface area contributed by atoms with Gasteiger partial charge in [0.1, 0.15) is 0 Å². The number of H-pyrrole nitrogens is 2. The van der Waals surface area contributed by atoms with Crippen molar-refractivity contribution in [2.24, 2.45) is 0 Å². The zero-order valence-electron chi connectivity index (χ0n) is 15.0. The van der Waals surface area contributed by atoms with Crippen molar-refractivity contribution < 1.29 is 0 Å². The summed E-state index contributed by atoms with van der Waals surface area (Å²) in [6, 6.07) is 15.9. The van der Waals surface area contributed by atoms with Crippen LogP contribution in [0.1, 0.15) is 31.9 Å². The number of benzene rings is 2. The standard InChI is InChI=1S/C21H21ClN2OS/c1-21(2,3)15-6-4-14(5-7-15)12-18-19(23-24-20(18)25)13-26-17-10-8-16(22)9-11-17/h4-13,23H,1-3H3,(H,24,25)/b18-12+,19-13-. The second-order valence-corrected chi connectivity index (χ2v) is 8.49. The van der Waals surface area contributed by atoms with E-state index in [1.807, 2.05) is 47.9 Å². The lowest BCUT2D eigenvalue weighted by Crippen LogP contribution is -2.33. The number of nitrogens with one attached hydrogen (secondary N) is 2. The molecule has 0 bridgehead atoms. The van der Waals surface area contributed by atoms with Crippen LogP contribution in [0, 0.1) is 0 Å². The molecule has 0 fully saturated rings. The lowest BCUT2D eigenvalue weighted by Gasteiger charge is -2.18. The van der Waals surface area contributed by atoms with E-state index in [1.54, 1.807) is 0 Å². The Bertz CT molecular complexity index is 1060. The van der Waals surface area contributed by atoms with Crippen LogP contribution in [-0.4, -0.2) is 10.2 Å². The van der Waals surface area contributed by atoms with Crippen LogP contribution < -0.4 is 16.1 Å². The molecule has 0 saturated carbocycles. The molecule has 0 atom stereocenters. The van der Waals surface area contributed by atoms with E-state index < -0.39 is 0 Å². The van der Waals surface area contributed by atoms with Gasteiger partial charge in [-0.1, -0.05) is 68.4 Å². The normalized spacial score (nSPS) is 13.4. The van der Waals surface area contributed by atoms with Crippen molar-refractivity contribution in [1.29, 1.82) is 0 Å². The molecule has 0 saturated heterocycles. The number of thioether (sulfide) groups is 1. The molecule has 0 spiro atoms. The van der Waals surface area contributed by atoms with E-state index in [0.29, 0.717) is 10.2 Å². The number of hydrogen-bond donors (Lipinski definition) is 2. The maximum atomic E-state index is 12.2. The number of aromatic amines is 2. The number of aromatic nitrogens is 2. The van der Waals surface area contributed by atoms with E-state index in [-0.39, 0.29) is 11.0 Å². The van der Waals surface area contributed by atoms with Crippen molar-refractivity contribution in [1.82, 2.24) is 10.2 Å². The van der Waals surface area contributed by atoms with Gasteiger partial charge in [0.2, 0.25) is 0 Å². The molecule has 0 aliphatic heterocycles. The molecule has 134 valence electrons. The summed E-state index contributed by atoms with van der Waals surface area (Å²) < 4.78 is 0. The highest BCUT2D eigenvalue weighted by Crippen LogP contribution is 2.22. The first-order valence-corrected chi connectivity index (χ1v) is 9.60. The molecule has 0 amide bonds. The summed E-state index contributed by atoms with van der Waals surface area (Å²) in [5.74, 6) is 0. The van der Waals surface area contributed by atoms with E-state index >= 15 is 0 Å². The first-order chi connectivity index (χ1) is 12.3. The highest BCUT2D eigenvalue weighted by molar-refractivity contribution is 8.06. The molecule has 0 radical (unpaired) electrons. The van der Waals surface area contributed by atoms with Crippen LogP contribution in [0.3, 0.4) is 0 Å². The van der Waals surface area contributed by atoms with Crippen LogP contribution in [0.2, 0.25) is 5.02 Å². The van der Waals surface area contributed by atoms with Gasteiger partial charge in [0, 0.05) is 15.3 Å². The van der Waals surface area contributed by atoms with Gasteiger partial charge in [-0.3, -0.25) is 15.0 Å². The summed E-state index contributed by atoms with van der Waals surface area (Å²) in [6.07, 6.45) is 1.90. The molecular weight excluding hydrogens is 364 g/mol. The molecule has 3 aromatic rings. The van der Waals surface area contributed by atoms with E-state index in [1.165, 1.54) is 17.3 Å². The molecule has 5 heteroatoms. The van der Waals surface area contributed by atoms with Crippen molar-refractivity contribution in [2.45, 2.75) is 31.1 Å². The predicted molar refractivity (Wildman–Crippen MR) is 111 cm³/mol. The first kappa shape index (κ1) is 18.6. The Morgan fingerprint density at radius 2 is 1.62 bits per heavy atom. The lowest BCUT2D eigenvalue weighted by atomic mass is 9.87. The third-order valence-electron chi connectivity index (χ3n) is 4.06. The molecule has 0 aliphatic rings. The molecule has 2 N–H and O–H groups in total. The quantitative estimate of drug-likeness (QED) is 0.670.